The van der Waals surface area contributed by atoms with E-state index in [2.05, 4.69) is 10.3 Å². The largest absolute Gasteiger partial charge is 0.497 e. The lowest BCUT2D eigenvalue weighted by Crippen LogP contribution is -2.32. The SMILES string of the molecule is COc1ccc(CNC(=O)Cn2cnc3ccc(Cl)cc3c2=O)cc1. The summed E-state index contributed by atoms with van der Waals surface area (Å²) in [5, 5.41) is 3.62. The lowest BCUT2D eigenvalue weighted by molar-refractivity contribution is -0.121. The molecular weight excluding hydrogens is 342 g/mol. The van der Waals surface area contributed by atoms with Crippen LogP contribution in [-0.2, 0) is 17.9 Å². The van der Waals surface area contributed by atoms with Crippen molar-refractivity contribution in [2.45, 2.75) is 13.1 Å². The van der Waals surface area contributed by atoms with Gasteiger partial charge in [-0.25, -0.2) is 4.98 Å². The number of fused-ring (bicyclic) bond motifs is 1. The number of aromatic nitrogens is 2. The van der Waals surface area contributed by atoms with Gasteiger partial charge in [0, 0.05) is 11.6 Å². The maximum Gasteiger partial charge on any atom is 0.261 e. The summed E-state index contributed by atoms with van der Waals surface area (Å²) in [5.41, 5.74) is 1.18. The minimum absolute atomic E-state index is 0.107. The van der Waals surface area contributed by atoms with Gasteiger partial charge in [0.25, 0.3) is 5.56 Å². The van der Waals surface area contributed by atoms with Crippen molar-refractivity contribution in [3.63, 3.8) is 0 Å². The minimum atomic E-state index is -0.299. The highest BCUT2D eigenvalue weighted by Gasteiger charge is 2.08. The summed E-state index contributed by atoms with van der Waals surface area (Å²) in [6.07, 6.45) is 1.37. The first-order chi connectivity index (χ1) is 12.1. The lowest BCUT2D eigenvalue weighted by atomic mass is 10.2. The Kier molecular flexibility index (Phi) is 5.00. The molecule has 2 aromatic carbocycles. The Labute approximate surface area is 149 Å². The monoisotopic (exact) mass is 357 g/mol. The molecule has 1 heterocycles. The Morgan fingerprint density at radius 1 is 1.24 bits per heavy atom. The molecule has 0 saturated carbocycles. The molecule has 1 aromatic heterocycles. The van der Waals surface area contributed by atoms with Gasteiger partial charge in [-0.15, -0.1) is 0 Å². The first kappa shape index (κ1) is 17.0. The number of methoxy groups -OCH3 is 1. The highest BCUT2D eigenvalue weighted by Crippen LogP contribution is 2.14. The summed E-state index contributed by atoms with van der Waals surface area (Å²) in [7, 11) is 1.60. The molecule has 0 fully saturated rings. The Hall–Kier alpha value is -2.86. The van der Waals surface area contributed by atoms with Crippen LogP contribution in [0, 0.1) is 0 Å². The first-order valence-electron chi connectivity index (χ1n) is 7.61. The second kappa shape index (κ2) is 7.36. The third-order valence-electron chi connectivity index (χ3n) is 3.75. The summed E-state index contributed by atoms with van der Waals surface area (Å²) < 4.78 is 6.35. The van der Waals surface area contributed by atoms with Crippen LogP contribution in [0.3, 0.4) is 0 Å². The van der Waals surface area contributed by atoms with E-state index in [1.165, 1.54) is 10.9 Å². The molecule has 0 aliphatic heterocycles. The van der Waals surface area contributed by atoms with Gasteiger partial charge in [-0.1, -0.05) is 23.7 Å². The zero-order chi connectivity index (χ0) is 17.8. The van der Waals surface area contributed by atoms with Crippen LogP contribution in [0.4, 0.5) is 0 Å². The van der Waals surface area contributed by atoms with Crippen LogP contribution >= 0.6 is 11.6 Å². The fourth-order valence-electron chi connectivity index (χ4n) is 2.40. The van der Waals surface area contributed by atoms with Gasteiger partial charge >= 0.3 is 0 Å². The number of nitrogens with one attached hydrogen (secondary N) is 1. The molecule has 0 aliphatic rings. The first-order valence-corrected chi connectivity index (χ1v) is 7.99. The zero-order valence-electron chi connectivity index (χ0n) is 13.5. The molecule has 0 bridgehead atoms. The molecule has 6 nitrogen and oxygen atoms in total. The summed E-state index contributed by atoms with van der Waals surface area (Å²) >= 11 is 5.92. The molecule has 0 atom stereocenters. The highest BCUT2D eigenvalue weighted by molar-refractivity contribution is 6.31. The molecule has 3 rings (SSSR count). The molecule has 1 N–H and O–H groups in total. The van der Waals surface area contributed by atoms with Crippen molar-refractivity contribution in [2.24, 2.45) is 0 Å². The average Bonchev–Trinajstić information content (AvgIpc) is 2.63. The fraction of sp³-hybridized carbons (Fsp3) is 0.167. The van der Waals surface area contributed by atoms with Crippen molar-refractivity contribution in [2.75, 3.05) is 7.11 Å². The number of halogens is 1. The third-order valence-corrected chi connectivity index (χ3v) is 3.98. The van der Waals surface area contributed by atoms with Crippen molar-refractivity contribution in [3.05, 3.63) is 69.7 Å². The molecule has 3 aromatic rings. The standard InChI is InChI=1S/C18H16ClN3O3/c1-25-14-5-2-12(3-6-14)9-20-17(23)10-22-11-21-16-7-4-13(19)8-15(16)18(22)24/h2-8,11H,9-10H2,1H3,(H,20,23). The molecule has 7 heteroatoms. The quantitative estimate of drug-likeness (QED) is 0.761. The maximum absolute atomic E-state index is 12.4. The number of benzene rings is 2. The van der Waals surface area contributed by atoms with Crippen LogP contribution in [0.5, 0.6) is 5.75 Å². The van der Waals surface area contributed by atoms with E-state index in [0.717, 1.165) is 11.3 Å². The Balaban J connectivity index is 1.69. The van der Waals surface area contributed by atoms with E-state index in [-0.39, 0.29) is 18.0 Å². The van der Waals surface area contributed by atoms with E-state index in [4.69, 9.17) is 16.3 Å². The second-order valence-electron chi connectivity index (χ2n) is 5.46. The van der Waals surface area contributed by atoms with Gasteiger partial charge in [-0.3, -0.25) is 14.2 Å². The summed E-state index contributed by atoms with van der Waals surface area (Å²) in [5.74, 6) is 0.476. The number of ether oxygens (including phenoxy) is 1. The van der Waals surface area contributed by atoms with E-state index in [1.54, 1.807) is 25.3 Å². The number of carbonyl (C=O) groups excluding carboxylic acids is 1. The number of carbonyl (C=O) groups is 1. The van der Waals surface area contributed by atoms with E-state index in [0.29, 0.717) is 22.5 Å². The number of nitrogens with zero attached hydrogens (tertiary/aromatic N) is 2. The summed E-state index contributed by atoms with van der Waals surface area (Å²) in [4.78, 5) is 28.7. The van der Waals surface area contributed by atoms with E-state index >= 15 is 0 Å². The number of hydrogen-bond acceptors (Lipinski definition) is 4. The normalized spacial score (nSPS) is 10.6. The van der Waals surface area contributed by atoms with Crippen molar-refractivity contribution in [3.8, 4) is 5.75 Å². The van der Waals surface area contributed by atoms with Crippen LogP contribution in [0.25, 0.3) is 10.9 Å². The molecule has 0 radical (unpaired) electrons. The third kappa shape index (κ3) is 3.97. The Bertz CT molecular complexity index is 967. The van der Waals surface area contributed by atoms with Crippen molar-refractivity contribution in [1.29, 1.82) is 0 Å². The number of amides is 1. The van der Waals surface area contributed by atoms with Gasteiger partial charge in [0.15, 0.2) is 0 Å². The Morgan fingerprint density at radius 2 is 2.00 bits per heavy atom. The zero-order valence-corrected chi connectivity index (χ0v) is 14.3. The second-order valence-corrected chi connectivity index (χ2v) is 5.90. The summed E-state index contributed by atoms with van der Waals surface area (Å²) in [6.45, 7) is 0.259. The predicted molar refractivity (Wildman–Crippen MR) is 95.9 cm³/mol. The van der Waals surface area contributed by atoms with Crippen molar-refractivity contribution >= 4 is 28.4 Å². The van der Waals surface area contributed by atoms with Crippen LogP contribution in [0.1, 0.15) is 5.56 Å². The Morgan fingerprint density at radius 3 is 2.72 bits per heavy atom. The van der Waals surface area contributed by atoms with Crippen LogP contribution < -0.4 is 15.6 Å². The van der Waals surface area contributed by atoms with E-state index in [1.807, 2.05) is 24.3 Å². The summed E-state index contributed by atoms with van der Waals surface area (Å²) in [6, 6.07) is 12.3. The molecule has 128 valence electrons. The number of hydrogen-bond donors (Lipinski definition) is 1. The fourth-order valence-corrected chi connectivity index (χ4v) is 2.57. The molecule has 0 spiro atoms. The van der Waals surface area contributed by atoms with Gasteiger partial charge in [-0.05, 0) is 35.9 Å². The average molecular weight is 358 g/mol. The van der Waals surface area contributed by atoms with Crippen LogP contribution in [0.15, 0.2) is 53.6 Å². The van der Waals surface area contributed by atoms with E-state index in [9.17, 15) is 9.59 Å². The molecular formula is C18H16ClN3O3. The van der Waals surface area contributed by atoms with Gasteiger partial charge in [-0.2, -0.15) is 0 Å². The highest BCUT2D eigenvalue weighted by atomic mass is 35.5. The molecule has 1 amide bonds. The molecule has 0 unspecified atom stereocenters. The van der Waals surface area contributed by atoms with Crippen molar-refractivity contribution < 1.29 is 9.53 Å². The van der Waals surface area contributed by atoms with Gasteiger partial charge in [0.05, 0.1) is 24.3 Å². The topological polar surface area (TPSA) is 73.2 Å². The van der Waals surface area contributed by atoms with Gasteiger partial charge < -0.3 is 10.1 Å². The van der Waals surface area contributed by atoms with Crippen molar-refractivity contribution in [1.82, 2.24) is 14.9 Å². The molecule has 25 heavy (non-hydrogen) atoms. The van der Waals surface area contributed by atoms with Crippen LogP contribution in [0.2, 0.25) is 5.02 Å². The number of rotatable bonds is 5. The van der Waals surface area contributed by atoms with E-state index < -0.39 is 0 Å². The van der Waals surface area contributed by atoms with Gasteiger partial charge in [0.1, 0.15) is 12.3 Å². The molecule has 0 aliphatic carbocycles. The maximum atomic E-state index is 12.4. The minimum Gasteiger partial charge on any atom is -0.497 e. The predicted octanol–water partition coefficient (Wildman–Crippen LogP) is 2.37. The smallest absolute Gasteiger partial charge is 0.261 e. The molecule has 0 saturated heterocycles. The van der Waals surface area contributed by atoms with Crippen LogP contribution in [-0.4, -0.2) is 22.6 Å². The lowest BCUT2D eigenvalue weighted by Gasteiger charge is -2.09. The van der Waals surface area contributed by atoms with Gasteiger partial charge in [0.2, 0.25) is 5.91 Å².